The van der Waals surface area contributed by atoms with E-state index in [1.165, 1.54) is 16.7 Å². The van der Waals surface area contributed by atoms with Gasteiger partial charge in [0, 0.05) is 19.2 Å². The fourth-order valence-electron chi connectivity index (χ4n) is 2.37. The minimum atomic E-state index is 0.172. The summed E-state index contributed by atoms with van der Waals surface area (Å²) in [5.41, 5.74) is 4.87. The minimum Gasteiger partial charge on any atom is -0.341 e. The summed E-state index contributed by atoms with van der Waals surface area (Å²) >= 11 is 0. The van der Waals surface area contributed by atoms with Gasteiger partial charge in [-0.2, -0.15) is 0 Å². The smallest absolute Gasteiger partial charge is 0.253 e. The van der Waals surface area contributed by atoms with Crippen molar-refractivity contribution >= 4 is 5.91 Å². The van der Waals surface area contributed by atoms with Crippen LogP contribution < -0.4 is 0 Å². The molecular weight excluding hydrogens is 186 g/mol. The Morgan fingerprint density at radius 1 is 1.40 bits per heavy atom. The quantitative estimate of drug-likeness (QED) is 0.685. The molecule has 2 rings (SSSR count). The number of carbonyl (C=O) groups excluding carboxylic acids is 1. The van der Waals surface area contributed by atoms with Crippen LogP contribution in [0.25, 0.3) is 0 Å². The summed E-state index contributed by atoms with van der Waals surface area (Å²) in [7, 11) is 1.87. The first-order valence-corrected chi connectivity index (χ1v) is 5.52. The van der Waals surface area contributed by atoms with Crippen LogP contribution in [0.1, 0.15) is 34.0 Å². The van der Waals surface area contributed by atoms with Gasteiger partial charge in [0.2, 0.25) is 0 Å². The van der Waals surface area contributed by atoms with Gasteiger partial charge in [0.15, 0.2) is 0 Å². The van der Waals surface area contributed by atoms with Crippen LogP contribution in [0.2, 0.25) is 0 Å². The number of aryl methyl sites for hydroxylation is 1. The number of hydrogen-bond acceptors (Lipinski definition) is 1. The van der Waals surface area contributed by atoms with Gasteiger partial charge in [-0.25, -0.2) is 0 Å². The maximum atomic E-state index is 11.9. The van der Waals surface area contributed by atoms with Gasteiger partial charge in [0.05, 0.1) is 0 Å². The van der Waals surface area contributed by atoms with Crippen molar-refractivity contribution in [2.24, 2.45) is 0 Å². The molecule has 1 aliphatic rings. The molecule has 0 saturated carbocycles. The summed E-state index contributed by atoms with van der Waals surface area (Å²) in [6.45, 7) is 5.13. The Labute approximate surface area is 90.9 Å². The van der Waals surface area contributed by atoms with Crippen molar-refractivity contribution in [3.05, 3.63) is 34.4 Å². The highest BCUT2D eigenvalue weighted by Crippen LogP contribution is 2.24. The van der Waals surface area contributed by atoms with Gasteiger partial charge in [-0.05, 0) is 42.5 Å². The van der Waals surface area contributed by atoms with E-state index in [0.717, 1.165) is 24.9 Å². The Kier molecular flexibility index (Phi) is 2.51. The third-order valence-corrected chi connectivity index (χ3v) is 3.29. The van der Waals surface area contributed by atoms with Crippen LogP contribution in [-0.4, -0.2) is 24.4 Å². The third-order valence-electron chi connectivity index (χ3n) is 3.29. The van der Waals surface area contributed by atoms with Gasteiger partial charge in [-0.15, -0.1) is 0 Å². The predicted octanol–water partition coefficient (Wildman–Crippen LogP) is 2.19. The first kappa shape index (κ1) is 10.2. The van der Waals surface area contributed by atoms with Crippen molar-refractivity contribution in [3.8, 4) is 0 Å². The van der Waals surface area contributed by atoms with Crippen molar-refractivity contribution in [2.75, 3.05) is 13.6 Å². The molecule has 80 valence electrons. The Hall–Kier alpha value is -1.31. The van der Waals surface area contributed by atoms with E-state index in [1.54, 1.807) is 4.90 Å². The molecule has 0 bridgehead atoms. The van der Waals surface area contributed by atoms with E-state index in [9.17, 15) is 4.79 Å². The summed E-state index contributed by atoms with van der Waals surface area (Å²) in [6, 6.07) is 4.04. The van der Waals surface area contributed by atoms with E-state index in [1.807, 2.05) is 13.1 Å². The second-order valence-electron chi connectivity index (χ2n) is 4.22. The van der Waals surface area contributed by atoms with Crippen LogP contribution in [0.5, 0.6) is 0 Å². The Morgan fingerprint density at radius 3 is 2.80 bits per heavy atom. The molecule has 0 radical (unpaired) electrons. The van der Waals surface area contributed by atoms with Crippen LogP contribution >= 0.6 is 0 Å². The average Bonchev–Trinajstić information content (AvgIpc) is 2.23. The molecule has 1 aromatic rings. The van der Waals surface area contributed by atoms with Crippen molar-refractivity contribution in [1.82, 2.24) is 4.90 Å². The average molecular weight is 203 g/mol. The van der Waals surface area contributed by atoms with Crippen molar-refractivity contribution in [2.45, 2.75) is 26.7 Å². The fourth-order valence-corrected chi connectivity index (χ4v) is 2.37. The Morgan fingerprint density at radius 2 is 2.13 bits per heavy atom. The molecule has 1 heterocycles. The van der Waals surface area contributed by atoms with E-state index >= 15 is 0 Å². The van der Waals surface area contributed by atoms with Crippen LogP contribution in [-0.2, 0) is 12.8 Å². The van der Waals surface area contributed by atoms with Gasteiger partial charge in [-0.3, -0.25) is 4.79 Å². The molecule has 2 heteroatoms. The third kappa shape index (κ3) is 1.54. The number of carbonyl (C=O) groups is 1. The van der Waals surface area contributed by atoms with Gasteiger partial charge >= 0.3 is 0 Å². The number of rotatable bonds is 1. The van der Waals surface area contributed by atoms with E-state index in [-0.39, 0.29) is 5.91 Å². The minimum absolute atomic E-state index is 0.172. The van der Waals surface area contributed by atoms with E-state index in [2.05, 4.69) is 19.9 Å². The number of benzene rings is 1. The first-order valence-electron chi connectivity index (χ1n) is 5.52. The van der Waals surface area contributed by atoms with E-state index in [0.29, 0.717) is 0 Å². The monoisotopic (exact) mass is 203 g/mol. The zero-order valence-electron chi connectivity index (χ0n) is 9.63. The molecule has 15 heavy (non-hydrogen) atoms. The molecule has 0 unspecified atom stereocenters. The van der Waals surface area contributed by atoms with E-state index < -0.39 is 0 Å². The Balaban J connectivity index is 2.58. The van der Waals surface area contributed by atoms with Crippen LogP contribution in [0, 0.1) is 6.92 Å². The molecule has 0 aromatic heterocycles. The molecule has 0 fully saturated rings. The highest BCUT2D eigenvalue weighted by Gasteiger charge is 2.23. The summed E-state index contributed by atoms with van der Waals surface area (Å²) in [5.74, 6) is 0.172. The highest BCUT2D eigenvalue weighted by atomic mass is 16.2. The second kappa shape index (κ2) is 3.69. The standard InChI is InChI=1S/C13H17NO/c1-4-10-9(2)5-6-12-11(10)7-8-14(3)13(12)15/h5-6H,4,7-8H2,1-3H3. The maximum absolute atomic E-state index is 11.9. The Bertz CT molecular complexity index is 409. The van der Waals surface area contributed by atoms with Crippen LogP contribution in [0.3, 0.4) is 0 Å². The molecule has 0 saturated heterocycles. The van der Waals surface area contributed by atoms with Crippen LogP contribution in [0.15, 0.2) is 12.1 Å². The topological polar surface area (TPSA) is 20.3 Å². The van der Waals surface area contributed by atoms with Gasteiger partial charge in [0.1, 0.15) is 0 Å². The molecule has 1 amide bonds. The maximum Gasteiger partial charge on any atom is 0.253 e. The zero-order chi connectivity index (χ0) is 11.0. The van der Waals surface area contributed by atoms with Crippen molar-refractivity contribution in [1.29, 1.82) is 0 Å². The largest absolute Gasteiger partial charge is 0.341 e. The number of amides is 1. The van der Waals surface area contributed by atoms with Crippen LogP contribution in [0.4, 0.5) is 0 Å². The van der Waals surface area contributed by atoms with Crippen molar-refractivity contribution < 1.29 is 4.79 Å². The SMILES string of the molecule is CCc1c(C)ccc2c1CCN(C)C2=O. The lowest BCUT2D eigenvalue weighted by molar-refractivity contribution is 0.0780. The number of likely N-dealkylation sites (N-methyl/N-ethyl adjacent to an activating group) is 1. The first-order chi connectivity index (χ1) is 7.15. The normalized spacial score (nSPS) is 15.4. The fraction of sp³-hybridized carbons (Fsp3) is 0.462. The number of nitrogens with zero attached hydrogens (tertiary/aromatic N) is 1. The van der Waals surface area contributed by atoms with Crippen molar-refractivity contribution in [3.63, 3.8) is 0 Å². The number of fused-ring (bicyclic) bond motifs is 1. The zero-order valence-corrected chi connectivity index (χ0v) is 9.63. The molecule has 1 aromatic carbocycles. The molecule has 1 aliphatic heterocycles. The molecule has 2 nitrogen and oxygen atoms in total. The number of hydrogen-bond donors (Lipinski definition) is 0. The van der Waals surface area contributed by atoms with Gasteiger partial charge in [-0.1, -0.05) is 13.0 Å². The molecular formula is C13H17NO. The van der Waals surface area contributed by atoms with Gasteiger partial charge in [0.25, 0.3) is 5.91 Å². The summed E-state index contributed by atoms with van der Waals surface area (Å²) in [5, 5.41) is 0. The lowest BCUT2D eigenvalue weighted by atomic mass is 9.90. The lowest BCUT2D eigenvalue weighted by Gasteiger charge is -2.27. The molecule has 0 N–H and O–H groups in total. The molecule has 0 atom stereocenters. The summed E-state index contributed by atoms with van der Waals surface area (Å²) in [4.78, 5) is 13.7. The van der Waals surface area contributed by atoms with Gasteiger partial charge < -0.3 is 4.90 Å². The second-order valence-corrected chi connectivity index (χ2v) is 4.22. The molecule has 0 spiro atoms. The lowest BCUT2D eigenvalue weighted by Crippen LogP contribution is -2.34. The molecule has 0 aliphatic carbocycles. The predicted molar refractivity (Wildman–Crippen MR) is 61.2 cm³/mol. The van der Waals surface area contributed by atoms with E-state index in [4.69, 9.17) is 0 Å². The highest BCUT2D eigenvalue weighted by molar-refractivity contribution is 5.97. The summed E-state index contributed by atoms with van der Waals surface area (Å²) < 4.78 is 0. The summed E-state index contributed by atoms with van der Waals surface area (Å²) in [6.07, 6.45) is 2.02.